The molecule has 6 amide bonds. The zero-order chi connectivity index (χ0) is 88.6. The summed E-state index contributed by atoms with van der Waals surface area (Å²) in [4.78, 5) is 86.8. The highest BCUT2D eigenvalue weighted by atomic mass is 16.5. The molecule has 654 valence electrons. The summed E-state index contributed by atoms with van der Waals surface area (Å²) < 4.78 is 32.7. The number of nitrogens with zero attached hydrogens (tertiary/aromatic N) is 15. The van der Waals surface area contributed by atoms with E-state index in [4.69, 9.17) is 28.4 Å². The number of aryl methyl sites for hydroxylation is 4. The molecule has 0 aliphatic carbocycles. The van der Waals surface area contributed by atoms with Gasteiger partial charge in [-0.25, -0.2) is 59.0 Å². The fourth-order valence-corrected chi connectivity index (χ4v) is 14.6. The lowest BCUT2D eigenvalue weighted by Gasteiger charge is -2.34. The van der Waals surface area contributed by atoms with Crippen molar-refractivity contribution in [1.82, 2.24) is 55.2 Å². The number of para-hydroxylation sites is 1. The molecular weight excluding hydrogens is 1590 g/mol. The Morgan fingerprint density at radius 1 is 0.349 bits per heavy atom. The summed E-state index contributed by atoms with van der Waals surface area (Å²) in [5, 5.41) is 19.1. The summed E-state index contributed by atoms with van der Waals surface area (Å²) in [7, 11) is 16.0. The Bertz CT molecular complexity index is 5600. The van der Waals surface area contributed by atoms with E-state index in [1.165, 1.54) is 35.1 Å². The topological polar surface area (TPSA) is 285 Å². The molecule has 126 heavy (non-hydrogen) atoms. The third-order valence-corrected chi connectivity index (χ3v) is 22.0. The summed E-state index contributed by atoms with van der Waals surface area (Å²) in [6, 6.07) is 66.9. The summed E-state index contributed by atoms with van der Waals surface area (Å²) in [6.45, 7) is 20.8. The molecule has 3 fully saturated rings. The number of aromatic nitrogens is 6. The van der Waals surface area contributed by atoms with Crippen LogP contribution in [0, 0.1) is 27.7 Å². The first kappa shape index (κ1) is 89.3. The fraction of sp³-hybridized carbons (Fsp3) is 0.281. The third kappa shape index (κ3) is 23.4. The summed E-state index contributed by atoms with van der Waals surface area (Å²) in [5.41, 5.74) is 14.7. The van der Waals surface area contributed by atoms with Crippen LogP contribution in [0.5, 0.6) is 34.5 Å². The number of anilines is 16. The number of likely N-dealkylation sites (N-methyl/N-ethyl adjacent to an activating group) is 3. The van der Waals surface area contributed by atoms with E-state index in [1.807, 2.05) is 155 Å². The van der Waals surface area contributed by atoms with Crippen LogP contribution in [0.15, 0.2) is 231 Å². The Hall–Kier alpha value is -14.5. The molecule has 0 saturated carbocycles. The first-order valence-corrected chi connectivity index (χ1v) is 41.7. The average Bonchev–Trinajstić information content (AvgIpc) is 0.805. The van der Waals surface area contributed by atoms with E-state index in [1.54, 1.807) is 101 Å². The molecule has 9 aromatic carbocycles. The summed E-state index contributed by atoms with van der Waals surface area (Å²) in [6.07, 6.45) is 4.31. The highest BCUT2D eigenvalue weighted by Crippen LogP contribution is 2.40. The van der Waals surface area contributed by atoms with Gasteiger partial charge in [0, 0.05) is 156 Å². The molecule has 12 aromatic rings. The second-order valence-electron chi connectivity index (χ2n) is 30.8. The number of carbonyl (C=O) groups excluding carboxylic acids is 3. The van der Waals surface area contributed by atoms with Gasteiger partial charge in [-0.05, 0) is 180 Å². The molecule has 6 N–H and O–H groups in total. The van der Waals surface area contributed by atoms with E-state index in [2.05, 4.69) is 149 Å². The van der Waals surface area contributed by atoms with Gasteiger partial charge in [0.2, 0.25) is 0 Å². The number of hydrogen-bond donors (Lipinski definition) is 6. The highest BCUT2D eigenvalue weighted by molar-refractivity contribution is 6.07. The Morgan fingerprint density at radius 3 is 1.17 bits per heavy atom. The van der Waals surface area contributed by atoms with E-state index in [-0.39, 0.29) is 18.1 Å². The Morgan fingerprint density at radius 2 is 0.738 bits per heavy atom. The molecule has 0 unspecified atom stereocenters. The van der Waals surface area contributed by atoms with Gasteiger partial charge in [-0.3, -0.25) is 0 Å². The summed E-state index contributed by atoms with van der Waals surface area (Å²) >= 11 is 0. The van der Waals surface area contributed by atoms with Crippen LogP contribution in [0.1, 0.15) is 33.4 Å². The van der Waals surface area contributed by atoms with Crippen LogP contribution in [0.2, 0.25) is 0 Å². The van der Waals surface area contributed by atoms with Crippen molar-refractivity contribution in [3.8, 4) is 34.5 Å². The molecular formula is C96H111N21O9. The van der Waals surface area contributed by atoms with Crippen LogP contribution in [-0.4, -0.2) is 205 Å². The number of benzene rings is 9. The van der Waals surface area contributed by atoms with Gasteiger partial charge in [0.25, 0.3) is 0 Å². The average molecular weight is 1700 g/mol. The van der Waals surface area contributed by atoms with Crippen molar-refractivity contribution >= 4 is 110 Å². The predicted molar refractivity (Wildman–Crippen MR) is 501 cm³/mol. The largest absolute Gasteiger partial charge is 0.497 e. The van der Waals surface area contributed by atoms with E-state index in [9.17, 15) is 14.4 Å². The molecule has 15 rings (SSSR count). The van der Waals surface area contributed by atoms with Crippen LogP contribution in [0.4, 0.5) is 106 Å². The molecule has 0 spiro atoms. The number of piperazine rings is 3. The van der Waals surface area contributed by atoms with Crippen LogP contribution in [0.3, 0.4) is 0 Å². The SMILES string of the molecule is COc1ccc(N(C(=O)NCc2cccc(C)c2)c2cc(Nc3ccc(N4CCN(C)CC4)cc3)ncn2)c(OC)c1.COc1ccc(Nc2cc(N(C(=O)NCc3ccc(C)cc3)c3ccc(N4CCN(C)CC4)cc3)ncn2)c(OC)c1.COc1ccc(Nc2cc(N(C(=O)Nc3c(C)cccc3C)c3ccc(N4CCN(C)CC4)cc3)ncn2)c(OC)c1. The summed E-state index contributed by atoms with van der Waals surface area (Å²) in [5.74, 6) is 6.41. The van der Waals surface area contributed by atoms with Gasteiger partial charge in [0.1, 0.15) is 88.4 Å². The van der Waals surface area contributed by atoms with Gasteiger partial charge in [0.05, 0.1) is 71.1 Å². The maximum atomic E-state index is 14.0. The molecule has 0 radical (unpaired) electrons. The normalized spacial score (nSPS) is 13.4. The molecule has 0 bridgehead atoms. The quantitative estimate of drug-likeness (QED) is 0.0294. The van der Waals surface area contributed by atoms with Gasteiger partial charge in [-0.15, -0.1) is 0 Å². The van der Waals surface area contributed by atoms with E-state index < -0.39 is 0 Å². The molecule has 30 nitrogen and oxygen atoms in total. The monoisotopic (exact) mass is 1700 g/mol. The zero-order valence-corrected chi connectivity index (χ0v) is 73.7. The number of ether oxygens (including phenoxy) is 6. The first-order valence-electron chi connectivity index (χ1n) is 41.7. The van der Waals surface area contributed by atoms with Gasteiger partial charge < -0.3 is 89.7 Å². The number of carbonyl (C=O) groups is 3. The van der Waals surface area contributed by atoms with Crippen molar-refractivity contribution in [1.29, 1.82) is 0 Å². The lowest BCUT2D eigenvalue weighted by atomic mass is 10.1. The van der Waals surface area contributed by atoms with Crippen LogP contribution < -0.4 is 89.7 Å². The molecule has 3 aliphatic heterocycles. The second-order valence-corrected chi connectivity index (χ2v) is 30.8. The molecule has 30 heteroatoms. The third-order valence-electron chi connectivity index (χ3n) is 22.0. The molecule has 3 aromatic heterocycles. The van der Waals surface area contributed by atoms with Crippen molar-refractivity contribution < 1.29 is 42.8 Å². The minimum absolute atomic E-state index is 0.297. The van der Waals surface area contributed by atoms with Crippen molar-refractivity contribution in [2.24, 2.45) is 0 Å². The van der Waals surface area contributed by atoms with E-state index >= 15 is 0 Å². The fourth-order valence-electron chi connectivity index (χ4n) is 14.6. The van der Waals surface area contributed by atoms with Gasteiger partial charge in [0.15, 0.2) is 0 Å². The minimum Gasteiger partial charge on any atom is -0.497 e. The minimum atomic E-state index is -0.360. The number of nitrogens with one attached hydrogen (secondary N) is 6. The maximum Gasteiger partial charge on any atom is 0.332 e. The predicted octanol–water partition coefficient (Wildman–Crippen LogP) is 16.7. The Balaban J connectivity index is 0.000000162. The smallest absolute Gasteiger partial charge is 0.332 e. The number of hydrogen-bond acceptors (Lipinski definition) is 24. The van der Waals surface area contributed by atoms with Crippen LogP contribution >= 0.6 is 0 Å². The Labute approximate surface area is 737 Å². The number of rotatable bonds is 26. The van der Waals surface area contributed by atoms with E-state index in [0.717, 1.165) is 129 Å². The standard InChI is InChI=1S/3C32H37N7O3/c1-22-7-6-8-23(2)31(22)36-32(40)39(25-11-9-24(10-12-25)38-17-15-37(3)16-18-38)30-20-29(33-21-34-30)35-27-14-13-26(41-4)19-28(27)42-5;1-23-5-7-24(8-6-23)21-33-32(40)39(26-11-9-25(10-12-26)38-17-15-37(2)16-18-38)31-20-30(34-22-35-31)36-28-14-13-27(41-3)19-29(28)42-4;1-23-6-5-7-24(18-23)21-33-32(40)39(28-13-12-27(41-3)19-29(28)42-4)31-20-30(34-22-35-31)36-25-8-10-26(11-9-25)38-16-14-37(2)15-17-38/h6-14,19-21H,15-18H2,1-5H3,(H,36,40)(H,33,34,35);5-14,19-20,22H,15-18,21H2,1-4H3,(H,33,40)(H,34,35,36);5-13,18-20,22H,14-17,21H2,1-4H3,(H,33,40)(H,34,35,36). The van der Waals surface area contributed by atoms with Crippen LogP contribution in [0.25, 0.3) is 0 Å². The maximum absolute atomic E-state index is 14.0. The van der Waals surface area contributed by atoms with Gasteiger partial charge >= 0.3 is 18.1 Å². The molecule has 0 atom stereocenters. The molecule has 6 heterocycles. The van der Waals surface area contributed by atoms with Gasteiger partial charge in [-0.1, -0.05) is 77.9 Å². The van der Waals surface area contributed by atoms with Crippen molar-refractivity contribution in [2.45, 2.75) is 40.8 Å². The van der Waals surface area contributed by atoms with Crippen molar-refractivity contribution in [3.63, 3.8) is 0 Å². The molecule has 3 aliphatic rings. The first-order chi connectivity index (χ1) is 61.2. The lowest BCUT2D eigenvalue weighted by molar-refractivity contribution is 0.247. The zero-order valence-electron chi connectivity index (χ0n) is 73.7. The molecule has 3 saturated heterocycles. The number of urea groups is 3. The van der Waals surface area contributed by atoms with E-state index in [0.29, 0.717) is 111 Å². The highest BCUT2D eigenvalue weighted by Gasteiger charge is 2.28. The van der Waals surface area contributed by atoms with Crippen molar-refractivity contribution in [3.05, 3.63) is 265 Å². The second kappa shape index (κ2) is 43.0. The van der Waals surface area contributed by atoms with Crippen LogP contribution in [-0.2, 0) is 13.1 Å². The number of methoxy groups -OCH3 is 6. The number of amides is 6. The van der Waals surface area contributed by atoms with Gasteiger partial charge in [-0.2, -0.15) is 0 Å². The van der Waals surface area contributed by atoms with Crippen molar-refractivity contribution in [2.75, 3.05) is 193 Å². The Kier molecular flexibility index (Phi) is 30.5. The lowest BCUT2D eigenvalue weighted by Crippen LogP contribution is -2.44.